The molecule has 0 saturated heterocycles. The summed E-state index contributed by atoms with van der Waals surface area (Å²) in [7, 11) is 0. The summed E-state index contributed by atoms with van der Waals surface area (Å²) in [5, 5.41) is 10.4. The van der Waals surface area contributed by atoms with Crippen molar-refractivity contribution < 1.29 is 9.66 Å². The van der Waals surface area contributed by atoms with Crippen LogP contribution in [0.2, 0.25) is 0 Å². The summed E-state index contributed by atoms with van der Waals surface area (Å²) in [4.78, 5) is 9.94. The van der Waals surface area contributed by atoms with Gasteiger partial charge in [0.05, 0.1) is 11.2 Å². The molecule has 74 valence electrons. The van der Waals surface area contributed by atoms with Gasteiger partial charge in [-0.1, -0.05) is 6.58 Å². The van der Waals surface area contributed by atoms with Gasteiger partial charge in [-0.3, -0.25) is 10.1 Å². The van der Waals surface area contributed by atoms with Crippen LogP contribution in [0, 0.1) is 10.1 Å². The Hall–Kier alpha value is -1.84. The van der Waals surface area contributed by atoms with E-state index in [0.717, 1.165) is 5.56 Å². The first-order valence-electron chi connectivity index (χ1n) is 4.16. The highest BCUT2D eigenvalue weighted by Gasteiger charge is 2.08. The Balaban J connectivity index is 2.82. The normalized spacial score (nSPS) is 11.8. The molecule has 0 aliphatic heterocycles. The number of ether oxygens (including phenoxy) is 1. The van der Waals surface area contributed by atoms with Gasteiger partial charge < -0.3 is 4.74 Å². The second kappa shape index (κ2) is 4.41. The van der Waals surface area contributed by atoms with Crippen LogP contribution in [-0.4, -0.2) is 4.92 Å². The van der Waals surface area contributed by atoms with Gasteiger partial charge in [0.2, 0.25) is 0 Å². The Kier molecular flexibility index (Phi) is 3.23. The zero-order valence-corrected chi connectivity index (χ0v) is 7.84. The number of rotatable bonds is 4. The molecule has 0 spiro atoms. The average molecular weight is 193 g/mol. The van der Waals surface area contributed by atoms with Gasteiger partial charge in [-0.15, -0.1) is 0 Å². The molecule has 14 heavy (non-hydrogen) atoms. The van der Waals surface area contributed by atoms with Gasteiger partial charge in [-0.25, -0.2) is 0 Å². The molecule has 1 unspecified atom stereocenters. The third kappa shape index (κ3) is 2.32. The van der Waals surface area contributed by atoms with Crippen LogP contribution in [-0.2, 0) is 4.74 Å². The van der Waals surface area contributed by atoms with Crippen LogP contribution in [0.5, 0.6) is 0 Å². The largest absolute Gasteiger partial charge is 0.494 e. The van der Waals surface area contributed by atoms with E-state index in [9.17, 15) is 10.1 Å². The van der Waals surface area contributed by atoms with Gasteiger partial charge in [0.15, 0.2) is 0 Å². The highest BCUT2D eigenvalue weighted by Crippen LogP contribution is 2.19. The van der Waals surface area contributed by atoms with E-state index in [1.807, 2.05) is 6.92 Å². The number of nitrogens with zero attached hydrogens (tertiary/aromatic N) is 1. The maximum atomic E-state index is 10.4. The Bertz CT molecular complexity index is 332. The number of nitro benzene ring substituents is 1. The molecule has 4 nitrogen and oxygen atoms in total. The first-order chi connectivity index (χ1) is 6.65. The van der Waals surface area contributed by atoms with E-state index in [-0.39, 0.29) is 11.8 Å². The van der Waals surface area contributed by atoms with Gasteiger partial charge in [-0.05, 0) is 24.6 Å². The molecule has 1 aromatic carbocycles. The van der Waals surface area contributed by atoms with Gasteiger partial charge in [0.1, 0.15) is 6.10 Å². The summed E-state index contributed by atoms with van der Waals surface area (Å²) in [5.41, 5.74) is 0.968. The fourth-order valence-electron chi connectivity index (χ4n) is 1.09. The fraction of sp³-hybridized carbons (Fsp3) is 0.200. The Morgan fingerprint density at radius 1 is 1.50 bits per heavy atom. The molecule has 0 saturated carbocycles. The van der Waals surface area contributed by atoms with Crippen molar-refractivity contribution in [2.24, 2.45) is 0 Å². The quantitative estimate of drug-likeness (QED) is 0.419. The van der Waals surface area contributed by atoms with E-state index in [4.69, 9.17) is 4.74 Å². The summed E-state index contributed by atoms with van der Waals surface area (Å²) in [6.45, 7) is 5.29. The molecule has 1 atom stereocenters. The van der Waals surface area contributed by atoms with Crippen molar-refractivity contribution in [3.05, 3.63) is 52.8 Å². The number of non-ortho nitro benzene ring substituents is 1. The van der Waals surface area contributed by atoms with Gasteiger partial charge in [0.25, 0.3) is 5.69 Å². The molecule has 0 aliphatic rings. The van der Waals surface area contributed by atoms with E-state index >= 15 is 0 Å². The molecule has 1 aromatic rings. The molecular weight excluding hydrogens is 182 g/mol. The van der Waals surface area contributed by atoms with Gasteiger partial charge >= 0.3 is 0 Å². The van der Waals surface area contributed by atoms with Crippen molar-refractivity contribution in [3.63, 3.8) is 0 Å². The van der Waals surface area contributed by atoms with Crippen molar-refractivity contribution in [2.75, 3.05) is 0 Å². The maximum Gasteiger partial charge on any atom is 0.269 e. The number of hydrogen-bond donors (Lipinski definition) is 0. The molecule has 0 heterocycles. The van der Waals surface area contributed by atoms with Gasteiger partial charge in [-0.2, -0.15) is 0 Å². The summed E-state index contributed by atoms with van der Waals surface area (Å²) in [6, 6.07) is 6.26. The molecule has 0 aliphatic carbocycles. The molecule has 0 N–H and O–H groups in total. The summed E-state index contributed by atoms with van der Waals surface area (Å²) in [6.07, 6.45) is 1.22. The predicted octanol–water partition coefficient (Wildman–Crippen LogP) is 2.82. The summed E-state index contributed by atoms with van der Waals surface area (Å²) < 4.78 is 5.12. The lowest BCUT2D eigenvalue weighted by molar-refractivity contribution is -0.384. The van der Waals surface area contributed by atoms with Crippen molar-refractivity contribution >= 4 is 5.69 Å². The lowest BCUT2D eigenvalue weighted by Crippen LogP contribution is -1.95. The molecular formula is C10H11NO3. The highest BCUT2D eigenvalue weighted by molar-refractivity contribution is 5.33. The lowest BCUT2D eigenvalue weighted by atomic mass is 10.1. The Labute approximate surface area is 82.0 Å². The third-order valence-electron chi connectivity index (χ3n) is 1.87. The average Bonchev–Trinajstić information content (AvgIpc) is 2.18. The summed E-state index contributed by atoms with van der Waals surface area (Å²) in [5.74, 6) is 0. The van der Waals surface area contributed by atoms with E-state index in [1.54, 1.807) is 12.1 Å². The molecule has 0 aromatic heterocycles. The first kappa shape index (κ1) is 10.2. The number of nitro groups is 1. The SMILES string of the molecule is C=COC(C)c1ccc([N+](=O)[O-])cc1. The number of benzene rings is 1. The van der Waals surface area contributed by atoms with E-state index < -0.39 is 4.92 Å². The number of hydrogen-bond acceptors (Lipinski definition) is 3. The summed E-state index contributed by atoms with van der Waals surface area (Å²) >= 11 is 0. The molecule has 4 heteroatoms. The Morgan fingerprint density at radius 2 is 2.07 bits per heavy atom. The highest BCUT2D eigenvalue weighted by atomic mass is 16.6. The van der Waals surface area contributed by atoms with E-state index in [2.05, 4.69) is 6.58 Å². The van der Waals surface area contributed by atoms with Crippen LogP contribution in [0.4, 0.5) is 5.69 Å². The molecule has 0 bridgehead atoms. The van der Waals surface area contributed by atoms with Crippen LogP contribution in [0.15, 0.2) is 37.1 Å². The molecule has 0 fully saturated rings. The zero-order valence-electron chi connectivity index (χ0n) is 7.84. The lowest BCUT2D eigenvalue weighted by Gasteiger charge is -2.10. The topological polar surface area (TPSA) is 52.4 Å². The van der Waals surface area contributed by atoms with E-state index in [1.165, 1.54) is 18.4 Å². The minimum atomic E-state index is -0.428. The second-order valence-electron chi connectivity index (χ2n) is 2.79. The minimum Gasteiger partial charge on any atom is -0.494 e. The van der Waals surface area contributed by atoms with E-state index in [0.29, 0.717) is 0 Å². The van der Waals surface area contributed by atoms with Crippen molar-refractivity contribution in [1.82, 2.24) is 0 Å². The van der Waals surface area contributed by atoms with Crippen molar-refractivity contribution in [3.8, 4) is 0 Å². The smallest absolute Gasteiger partial charge is 0.269 e. The van der Waals surface area contributed by atoms with Crippen LogP contribution >= 0.6 is 0 Å². The predicted molar refractivity (Wildman–Crippen MR) is 52.8 cm³/mol. The van der Waals surface area contributed by atoms with Crippen molar-refractivity contribution in [2.45, 2.75) is 13.0 Å². The van der Waals surface area contributed by atoms with Crippen LogP contribution in [0.25, 0.3) is 0 Å². The first-order valence-corrected chi connectivity index (χ1v) is 4.16. The Morgan fingerprint density at radius 3 is 2.50 bits per heavy atom. The molecule has 1 rings (SSSR count). The molecule has 0 amide bonds. The monoisotopic (exact) mass is 193 g/mol. The van der Waals surface area contributed by atoms with Crippen molar-refractivity contribution in [1.29, 1.82) is 0 Å². The molecule has 0 radical (unpaired) electrons. The minimum absolute atomic E-state index is 0.0829. The van der Waals surface area contributed by atoms with Gasteiger partial charge in [0, 0.05) is 12.1 Å². The van der Waals surface area contributed by atoms with Crippen LogP contribution in [0.1, 0.15) is 18.6 Å². The maximum absolute atomic E-state index is 10.4. The fourth-order valence-corrected chi connectivity index (χ4v) is 1.09. The standard InChI is InChI=1S/C10H11NO3/c1-3-14-8(2)9-4-6-10(7-5-9)11(12)13/h3-8H,1H2,2H3. The second-order valence-corrected chi connectivity index (χ2v) is 2.79. The third-order valence-corrected chi connectivity index (χ3v) is 1.87. The zero-order chi connectivity index (χ0) is 10.6. The van der Waals surface area contributed by atoms with Crippen LogP contribution in [0.3, 0.4) is 0 Å². The van der Waals surface area contributed by atoms with Crippen LogP contribution < -0.4 is 0 Å².